The second-order valence-electron chi connectivity index (χ2n) is 5.48. The lowest BCUT2D eigenvalue weighted by molar-refractivity contribution is -0.385. The van der Waals surface area contributed by atoms with Crippen molar-refractivity contribution in [3.05, 3.63) is 33.4 Å². The summed E-state index contributed by atoms with van der Waals surface area (Å²) in [6.45, 7) is 2.20. The van der Waals surface area contributed by atoms with Gasteiger partial charge in [-0.05, 0) is 25.8 Å². The molecule has 1 aliphatic heterocycles. The Labute approximate surface area is 132 Å². The quantitative estimate of drug-likeness (QED) is 0.669. The summed E-state index contributed by atoms with van der Waals surface area (Å²) in [4.78, 5) is 35.6. The molecule has 2 rings (SSSR count). The number of nitro groups is 1. The van der Waals surface area contributed by atoms with Crippen molar-refractivity contribution in [3.63, 3.8) is 0 Å². The summed E-state index contributed by atoms with van der Waals surface area (Å²) in [7, 11) is 1.39. The summed E-state index contributed by atoms with van der Waals surface area (Å²) < 4.78 is 5.11. The van der Waals surface area contributed by atoms with Crippen LogP contribution in [0.1, 0.15) is 28.8 Å². The van der Waals surface area contributed by atoms with Crippen molar-refractivity contribution in [3.8, 4) is 5.75 Å². The highest BCUT2D eigenvalue weighted by molar-refractivity contribution is 5.95. The first-order valence-corrected chi connectivity index (χ1v) is 7.20. The number of amides is 1. The number of ether oxygens (including phenoxy) is 1. The molecule has 8 heteroatoms. The van der Waals surface area contributed by atoms with Crippen LogP contribution in [-0.4, -0.2) is 47.0 Å². The predicted octanol–water partition coefficient (Wildman–Crippen LogP) is 1.85. The third kappa shape index (κ3) is 3.41. The zero-order chi connectivity index (χ0) is 17.1. The van der Waals surface area contributed by atoms with Gasteiger partial charge in [0.2, 0.25) is 0 Å². The number of rotatable bonds is 4. The van der Waals surface area contributed by atoms with E-state index in [1.54, 1.807) is 6.92 Å². The zero-order valence-corrected chi connectivity index (χ0v) is 12.9. The van der Waals surface area contributed by atoms with Crippen LogP contribution < -0.4 is 4.74 Å². The number of likely N-dealkylation sites (tertiary alicyclic amines) is 1. The third-order valence-electron chi connectivity index (χ3n) is 4.13. The first-order valence-electron chi connectivity index (χ1n) is 7.20. The van der Waals surface area contributed by atoms with Crippen LogP contribution in [-0.2, 0) is 4.79 Å². The molecule has 0 saturated carbocycles. The maximum Gasteiger partial charge on any atom is 0.306 e. The van der Waals surface area contributed by atoms with Gasteiger partial charge >= 0.3 is 5.97 Å². The molecule has 124 valence electrons. The second kappa shape index (κ2) is 6.64. The number of benzene rings is 1. The highest BCUT2D eigenvalue weighted by atomic mass is 16.6. The molecule has 0 aromatic heterocycles. The molecular weight excluding hydrogens is 304 g/mol. The van der Waals surface area contributed by atoms with E-state index in [2.05, 4.69) is 0 Å². The van der Waals surface area contributed by atoms with Gasteiger partial charge in [-0.2, -0.15) is 0 Å². The Morgan fingerprint density at radius 1 is 1.35 bits per heavy atom. The van der Waals surface area contributed by atoms with Gasteiger partial charge in [-0.1, -0.05) is 0 Å². The molecule has 0 atom stereocenters. The number of aliphatic carboxylic acids is 1. The minimum atomic E-state index is -0.857. The Hall–Kier alpha value is -2.64. The molecule has 0 spiro atoms. The van der Waals surface area contributed by atoms with Crippen LogP contribution in [0.5, 0.6) is 5.75 Å². The van der Waals surface area contributed by atoms with Gasteiger partial charge in [-0.15, -0.1) is 0 Å². The van der Waals surface area contributed by atoms with E-state index in [-0.39, 0.29) is 22.9 Å². The number of methoxy groups -OCH3 is 1. The van der Waals surface area contributed by atoms with Crippen molar-refractivity contribution in [2.24, 2.45) is 5.92 Å². The molecule has 1 amide bonds. The number of piperidine rings is 1. The van der Waals surface area contributed by atoms with Crippen molar-refractivity contribution in [2.45, 2.75) is 19.8 Å². The molecule has 1 N–H and O–H groups in total. The number of carboxylic acid groups (broad SMARTS) is 1. The Morgan fingerprint density at radius 2 is 1.96 bits per heavy atom. The molecule has 0 bridgehead atoms. The Balaban J connectivity index is 2.25. The van der Waals surface area contributed by atoms with Crippen LogP contribution in [0, 0.1) is 23.0 Å². The van der Waals surface area contributed by atoms with Crippen LogP contribution in [0.2, 0.25) is 0 Å². The number of nitro benzene ring substituents is 1. The monoisotopic (exact) mass is 322 g/mol. The molecule has 1 aromatic carbocycles. The zero-order valence-electron chi connectivity index (χ0n) is 12.9. The maximum absolute atomic E-state index is 12.5. The lowest BCUT2D eigenvalue weighted by atomic mass is 9.96. The summed E-state index contributed by atoms with van der Waals surface area (Å²) in [6, 6.07) is 2.72. The van der Waals surface area contributed by atoms with Gasteiger partial charge in [0, 0.05) is 19.2 Å². The Kier molecular flexibility index (Phi) is 4.83. The summed E-state index contributed by atoms with van der Waals surface area (Å²) in [5.41, 5.74) is 0.361. The predicted molar refractivity (Wildman–Crippen MR) is 80.6 cm³/mol. The van der Waals surface area contributed by atoms with Crippen LogP contribution in [0.15, 0.2) is 12.1 Å². The van der Waals surface area contributed by atoms with E-state index in [0.29, 0.717) is 31.5 Å². The van der Waals surface area contributed by atoms with Gasteiger partial charge in [0.15, 0.2) is 0 Å². The van der Waals surface area contributed by atoms with Gasteiger partial charge in [-0.3, -0.25) is 19.7 Å². The second-order valence-corrected chi connectivity index (χ2v) is 5.48. The first-order chi connectivity index (χ1) is 10.8. The maximum atomic E-state index is 12.5. The molecule has 1 saturated heterocycles. The number of hydrogen-bond acceptors (Lipinski definition) is 5. The minimum Gasteiger partial charge on any atom is -0.496 e. The van der Waals surface area contributed by atoms with E-state index in [1.807, 2.05) is 0 Å². The van der Waals surface area contributed by atoms with Crippen molar-refractivity contribution in [1.82, 2.24) is 4.90 Å². The summed E-state index contributed by atoms with van der Waals surface area (Å²) in [5, 5.41) is 20.1. The molecule has 23 heavy (non-hydrogen) atoms. The van der Waals surface area contributed by atoms with E-state index in [9.17, 15) is 19.7 Å². The Bertz CT molecular complexity index is 650. The minimum absolute atomic E-state index is 0.173. The molecule has 1 heterocycles. The topological polar surface area (TPSA) is 110 Å². The summed E-state index contributed by atoms with van der Waals surface area (Å²) in [6.07, 6.45) is 0.762. The molecule has 1 aliphatic rings. The van der Waals surface area contributed by atoms with Crippen LogP contribution in [0.4, 0.5) is 5.69 Å². The average Bonchev–Trinajstić information content (AvgIpc) is 2.54. The number of carbonyl (C=O) groups is 2. The fraction of sp³-hybridized carbons (Fsp3) is 0.467. The number of carboxylic acids is 1. The molecular formula is C15H18N2O6. The first kappa shape index (κ1) is 16.7. The van der Waals surface area contributed by atoms with Gasteiger partial charge in [0.25, 0.3) is 11.6 Å². The van der Waals surface area contributed by atoms with Gasteiger partial charge in [-0.25, -0.2) is 0 Å². The lowest BCUT2D eigenvalue weighted by Crippen LogP contribution is -2.40. The summed E-state index contributed by atoms with van der Waals surface area (Å²) >= 11 is 0. The van der Waals surface area contributed by atoms with E-state index >= 15 is 0 Å². The highest BCUT2D eigenvalue weighted by Gasteiger charge is 2.29. The molecule has 0 radical (unpaired) electrons. The van der Waals surface area contributed by atoms with Crippen molar-refractivity contribution in [2.75, 3.05) is 20.2 Å². The molecule has 0 aliphatic carbocycles. The van der Waals surface area contributed by atoms with Crippen LogP contribution in [0.3, 0.4) is 0 Å². The molecule has 8 nitrogen and oxygen atoms in total. The third-order valence-corrected chi connectivity index (χ3v) is 4.13. The number of hydrogen-bond donors (Lipinski definition) is 1. The molecule has 1 aromatic rings. The largest absolute Gasteiger partial charge is 0.496 e. The Morgan fingerprint density at radius 3 is 2.43 bits per heavy atom. The van der Waals surface area contributed by atoms with Crippen molar-refractivity contribution < 1.29 is 24.4 Å². The average molecular weight is 322 g/mol. The van der Waals surface area contributed by atoms with Gasteiger partial charge in [0.05, 0.1) is 29.1 Å². The normalized spacial score (nSPS) is 15.3. The van der Waals surface area contributed by atoms with Crippen LogP contribution in [0.25, 0.3) is 0 Å². The SMILES string of the molecule is COc1cc(C(=O)N2CCC(C(=O)O)CC2)cc([N+](=O)[O-])c1C. The number of nitrogens with zero attached hydrogens (tertiary/aromatic N) is 2. The summed E-state index contributed by atoms with van der Waals surface area (Å²) in [5.74, 6) is -1.37. The van der Waals surface area contributed by atoms with Crippen LogP contribution >= 0.6 is 0 Å². The standard InChI is InChI=1S/C15H18N2O6/c1-9-12(17(21)22)7-11(8-13(9)23-2)14(18)16-5-3-10(4-6-16)15(19)20/h7-8,10H,3-6H2,1-2H3,(H,19,20). The van der Waals surface area contributed by atoms with E-state index < -0.39 is 16.8 Å². The fourth-order valence-corrected chi connectivity index (χ4v) is 2.71. The van der Waals surface area contributed by atoms with Crippen molar-refractivity contribution >= 4 is 17.6 Å². The van der Waals surface area contributed by atoms with Gasteiger partial charge < -0.3 is 14.7 Å². The van der Waals surface area contributed by atoms with E-state index in [0.717, 1.165) is 0 Å². The van der Waals surface area contributed by atoms with Crippen molar-refractivity contribution in [1.29, 1.82) is 0 Å². The lowest BCUT2D eigenvalue weighted by Gasteiger charge is -2.30. The fourth-order valence-electron chi connectivity index (χ4n) is 2.71. The number of carbonyl (C=O) groups excluding carboxylic acids is 1. The molecule has 0 unspecified atom stereocenters. The van der Waals surface area contributed by atoms with E-state index in [4.69, 9.17) is 9.84 Å². The van der Waals surface area contributed by atoms with Gasteiger partial charge in [0.1, 0.15) is 5.75 Å². The highest BCUT2D eigenvalue weighted by Crippen LogP contribution is 2.30. The van der Waals surface area contributed by atoms with E-state index in [1.165, 1.54) is 24.1 Å². The molecule has 1 fully saturated rings. The smallest absolute Gasteiger partial charge is 0.306 e.